The molecule has 0 aliphatic heterocycles. The Bertz CT molecular complexity index is 449. The number of hydrogen-bond acceptors (Lipinski definition) is 3. The third-order valence-corrected chi connectivity index (χ3v) is 1.65. The van der Waals surface area contributed by atoms with Crippen LogP contribution in [0.15, 0.2) is 43.0 Å². The summed E-state index contributed by atoms with van der Waals surface area (Å²) >= 11 is 0. The van der Waals surface area contributed by atoms with Gasteiger partial charge in [0.1, 0.15) is 6.61 Å². The lowest BCUT2D eigenvalue weighted by Gasteiger charge is -1.92. The summed E-state index contributed by atoms with van der Waals surface area (Å²) in [6, 6.07) is 8.51. The van der Waals surface area contributed by atoms with Crippen molar-refractivity contribution in [3.63, 3.8) is 0 Å². The van der Waals surface area contributed by atoms with E-state index in [9.17, 15) is 9.59 Å². The van der Waals surface area contributed by atoms with E-state index < -0.39 is 11.8 Å². The first-order chi connectivity index (χ1) is 7.74. The lowest BCUT2D eigenvalue weighted by molar-refractivity contribution is -0.135. The Kier molecular flexibility index (Phi) is 4.55. The lowest BCUT2D eigenvalue weighted by Crippen LogP contribution is -2.02. The van der Waals surface area contributed by atoms with Gasteiger partial charge < -0.3 is 4.74 Å². The first-order valence-electron chi connectivity index (χ1n) is 4.63. The quantitative estimate of drug-likeness (QED) is 0.192. The molecule has 1 aromatic rings. The monoisotopic (exact) mass is 214 g/mol. The summed E-state index contributed by atoms with van der Waals surface area (Å²) in [5, 5.41) is 0. The summed E-state index contributed by atoms with van der Waals surface area (Å²) in [7, 11) is 0. The molecule has 0 aromatic heterocycles. The molecule has 0 fully saturated rings. The molecule has 0 N–H and O–H groups in total. The molecule has 0 unspecified atom stereocenters. The smallest absolute Gasteiger partial charge is 0.385 e. The first kappa shape index (κ1) is 11.7. The van der Waals surface area contributed by atoms with Crippen LogP contribution in [0.25, 0.3) is 0 Å². The van der Waals surface area contributed by atoms with E-state index in [1.807, 2.05) is 0 Å². The minimum absolute atomic E-state index is 0.0903. The Morgan fingerprint density at radius 2 is 1.94 bits per heavy atom. The Morgan fingerprint density at radius 1 is 1.25 bits per heavy atom. The maximum atomic E-state index is 11.4. The second-order valence-corrected chi connectivity index (χ2v) is 2.83. The van der Waals surface area contributed by atoms with Crippen LogP contribution in [0.2, 0.25) is 0 Å². The average Bonchev–Trinajstić information content (AvgIpc) is 2.34. The highest BCUT2D eigenvalue weighted by molar-refractivity contribution is 6.11. The van der Waals surface area contributed by atoms with E-state index in [0.29, 0.717) is 5.56 Å². The Hall–Kier alpha value is -2.34. The van der Waals surface area contributed by atoms with E-state index >= 15 is 0 Å². The third-order valence-electron chi connectivity index (χ3n) is 1.65. The molecule has 0 saturated heterocycles. The third kappa shape index (κ3) is 3.81. The van der Waals surface area contributed by atoms with Crippen LogP contribution >= 0.6 is 0 Å². The summed E-state index contributed by atoms with van der Waals surface area (Å²) in [6.07, 6.45) is 1.43. The van der Waals surface area contributed by atoms with Gasteiger partial charge in [-0.2, -0.15) is 0 Å². The van der Waals surface area contributed by atoms with E-state index in [1.165, 1.54) is 6.08 Å². The molecule has 1 aromatic carbocycles. The van der Waals surface area contributed by atoms with Crippen molar-refractivity contribution in [2.45, 2.75) is 0 Å². The fourth-order valence-corrected chi connectivity index (χ4v) is 0.940. The summed E-state index contributed by atoms with van der Waals surface area (Å²) in [5.74, 6) is 3.18. The standard InChI is InChI=1S/C13H10O3/c1-2-10-16-13(15)9-8-12(14)11-6-4-3-5-7-11/h2-7H,1,10H2. The van der Waals surface area contributed by atoms with Crippen molar-refractivity contribution in [1.82, 2.24) is 0 Å². The number of carbonyl (C=O) groups excluding carboxylic acids is 2. The van der Waals surface area contributed by atoms with Crippen molar-refractivity contribution in [2.24, 2.45) is 0 Å². The maximum Gasteiger partial charge on any atom is 0.385 e. The summed E-state index contributed by atoms with van der Waals surface area (Å²) < 4.78 is 4.59. The van der Waals surface area contributed by atoms with Crippen molar-refractivity contribution in [1.29, 1.82) is 0 Å². The van der Waals surface area contributed by atoms with Crippen LogP contribution in [0.1, 0.15) is 10.4 Å². The summed E-state index contributed by atoms with van der Waals surface area (Å²) in [6.45, 7) is 3.47. The van der Waals surface area contributed by atoms with Gasteiger partial charge in [0, 0.05) is 11.5 Å². The van der Waals surface area contributed by atoms with Gasteiger partial charge in [0.25, 0.3) is 0 Å². The molecular formula is C13H10O3. The number of carbonyl (C=O) groups is 2. The molecule has 3 nitrogen and oxygen atoms in total. The van der Waals surface area contributed by atoms with Gasteiger partial charge in [0.05, 0.1) is 0 Å². The Labute approximate surface area is 93.7 Å². The highest BCUT2D eigenvalue weighted by atomic mass is 16.5. The topological polar surface area (TPSA) is 43.4 Å². The highest BCUT2D eigenvalue weighted by Gasteiger charge is 2.01. The molecule has 0 atom stereocenters. The zero-order valence-electron chi connectivity index (χ0n) is 8.60. The van der Waals surface area contributed by atoms with E-state index in [-0.39, 0.29) is 6.61 Å². The van der Waals surface area contributed by atoms with Crippen LogP contribution < -0.4 is 0 Å². The number of benzene rings is 1. The van der Waals surface area contributed by atoms with Gasteiger partial charge in [-0.1, -0.05) is 43.0 Å². The van der Waals surface area contributed by atoms with Gasteiger partial charge in [-0.15, -0.1) is 0 Å². The average molecular weight is 214 g/mol. The minimum Gasteiger partial charge on any atom is -0.452 e. The van der Waals surface area contributed by atoms with Gasteiger partial charge in [0.2, 0.25) is 5.78 Å². The van der Waals surface area contributed by atoms with Crippen LogP contribution in [0, 0.1) is 11.8 Å². The number of ether oxygens (including phenoxy) is 1. The van der Waals surface area contributed by atoms with Crippen molar-refractivity contribution in [3.05, 3.63) is 48.6 Å². The Morgan fingerprint density at radius 3 is 2.56 bits per heavy atom. The van der Waals surface area contributed by atoms with E-state index in [2.05, 4.69) is 23.2 Å². The normalized spacial score (nSPS) is 8.50. The largest absolute Gasteiger partial charge is 0.452 e. The number of rotatable bonds is 3. The highest BCUT2D eigenvalue weighted by Crippen LogP contribution is 1.98. The van der Waals surface area contributed by atoms with Crippen LogP contribution in [0.5, 0.6) is 0 Å². The first-order valence-corrected chi connectivity index (χ1v) is 4.63. The van der Waals surface area contributed by atoms with Gasteiger partial charge >= 0.3 is 5.97 Å². The second kappa shape index (κ2) is 6.20. The lowest BCUT2D eigenvalue weighted by atomic mass is 10.1. The van der Waals surface area contributed by atoms with E-state index in [0.717, 1.165) is 0 Å². The van der Waals surface area contributed by atoms with E-state index in [4.69, 9.17) is 0 Å². The van der Waals surface area contributed by atoms with Gasteiger partial charge in [0.15, 0.2) is 0 Å². The molecule has 0 bridgehead atoms. The molecule has 0 amide bonds. The second-order valence-electron chi connectivity index (χ2n) is 2.83. The van der Waals surface area contributed by atoms with Gasteiger partial charge in [-0.25, -0.2) is 4.79 Å². The molecule has 0 radical (unpaired) electrons. The van der Waals surface area contributed by atoms with Crippen molar-refractivity contribution < 1.29 is 14.3 Å². The van der Waals surface area contributed by atoms with Gasteiger partial charge in [-0.3, -0.25) is 4.79 Å². The van der Waals surface area contributed by atoms with Gasteiger partial charge in [-0.05, 0) is 5.92 Å². The van der Waals surface area contributed by atoms with Crippen LogP contribution in [0.3, 0.4) is 0 Å². The van der Waals surface area contributed by atoms with Crippen LogP contribution in [-0.4, -0.2) is 18.4 Å². The zero-order chi connectivity index (χ0) is 11.8. The molecule has 0 aliphatic rings. The summed E-state index contributed by atoms with van der Waals surface area (Å²) in [4.78, 5) is 22.4. The van der Waals surface area contributed by atoms with Crippen LogP contribution in [-0.2, 0) is 9.53 Å². The maximum absolute atomic E-state index is 11.4. The number of ketones is 1. The molecule has 0 aliphatic carbocycles. The SMILES string of the molecule is C=CCOC(=O)C#CC(=O)c1ccccc1. The Balaban J connectivity index is 2.61. The predicted molar refractivity (Wildman–Crippen MR) is 59.7 cm³/mol. The summed E-state index contributed by atoms with van der Waals surface area (Å²) in [5.41, 5.74) is 0.450. The number of Topliss-reactive ketones (excluding diaryl/α,β-unsaturated/α-hetero) is 1. The molecule has 3 heteroatoms. The fourth-order valence-electron chi connectivity index (χ4n) is 0.940. The van der Waals surface area contributed by atoms with Crippen LogP contribution in [0.4, 0.5) is 0 Å². The molecule has 16 heavy (non-hydrogen) atoms. The molecule has 0 spiro atoms. The van der Waals surface area contributed by atoms with Crippen molar-refractivity contribution >= 4 is 11.8 Å². The molecular weight excluding hydrogens is 204 g/mol. The minimum atomic E-state index is -0.732. The van der Waals surface area contributed by atoms with Crippen molar-refractivity contribution in [3.8, 4) is 11.8 Å². The number of esters is 1. The zero-order valence-corrected chi connectivity index (χ0v) is 8.60. The molecule has 80 valence electrons. The fraction of sp³-hybridized carbons (Fsp3) is 0.0769. The molecule has 0 heterocycles. The molecule has 0 saturated carbocycles. The predicted octanol–water partition coefficient (Wildman–Crippen LogP) is 1.60. The molecule has 1 rings (SSSR count). The van der Waals surface area contributed by atoms with E-state index in [1.54, 1.807) is 30.3 Å². The van der Waals surface area contributed by atoms with Crippen molar-refractivity contribution in [2.75, 3.05) is 6.61 Å². The number of hydrogen-bond donors (Lipinski definition) is 0.